The Morgan fingerprint density at radius 3 is 2.58 bits per heavy atom. The number of nitro groups is 1. The third kappa shape index (κ3) is 5.24. The number of anilines is 1. The molecule has 0 bridgehead atoms. The van der Waals surface area contributed by atoms with E-state index in [2.05, 4.69) is 31.1 Å². The molecule has 19 heavy (non-hydrogen) atoms. The number of aromatic nitrogens is 1. The van der Waals surface area contributed by atoms with Crippen molar-refractivity contribution in [2.75, 3.05) is 5.32 Å². The van der Waals surface area contributed by atoms with E-state index in [4.69, 9.17) is 0 Å². The van der Waals surface area contributed by atoms with Gasteiger partial charge in [0, 0.05) is 11.6 Å². The molecule has 5 nitrogen and oxygen atoms in total. The van der Waals surface area contributed by atoms with Crippen LogP contribution in [0.1, 0.15) is 45.6 Å². The highest BCUT2D eigenvalue weighted by molar-refractivity contribution is 5.47. The van der Waals surface area contributed by atoms with E-state index in [1.54, 1.807) is 13.0 Å². The maximum absolute atomic E-state index is 10.7. The lowest BCUT2D eigenvalue weighted by Crippen LogP contribution is -2.16. The second-order valence-electron chi connectivity index (χ2n) is 5.48. The van der Waals surface area contributed by atoms with Crippen molar-refractivity contribution in [2.45, 2.75) is 53.0 Å². The zero-order valence-corrected chi connectivity index (χ0v) is 12.1. The molecule has 0 saturated heterocycles. The second-order valence-corrected chi connectivity index (χ2v) is 5.48. The normalized spacial score (nSPS) is 12.5. The van der Waals surface area contributed by atoms with Gasteiger partial charge in [-0.25, -0.2) is 4.98 Å². The lowest BCUT2D eigenvalue weighted by molar-refractivity contribution is -0.385. The zero-order valence-electron chi connectivity index (χ0n) is 12.1. The predicted octanol–water partition coefficient (Wildman–Crippen LogP) is 3.92. The summed E-state index contributed by atoms with van der Waals surface area (Å²) in [5.74, 6) is 1.44. The largest absolute Gasteiger partial charge is 0.368 e. The van der Waals surface area contributed by atoms with Gasteiger partial charge < -0.3 is 5.32 Å². The van der Waals surface area contributed by atoms with Gasteiger partial charge >= 0.3 is 0 Å². The van der Waals surface area contributed by atoms with Crippen LogP contribution < -0.4 is 5.32 Å². The van der Waals surface area contributed by atoms with Gasteiger partial charge in [-0.3, -0.25) is 10.1 Å². The molecule has 0 radical (unpaired) electrons. The van der Waals surface area contributed by atoms with Crippen LogP contribution in [0.2, 0.25) is 0 Å². The molecule has 0 fully saturated rings. The Morgan fingerprint density at radius 1 is 1.37 bits per heavy atom. The minimum Gasteiger partial charge on any atom is -0.368 e. The number of hydrogen-bond acceptors (Lipinski definition) is 4. The van der Waals surface area contributed by atoms with Crippen LogP contribution in [-0.2, 0) is 0 Å². The fourth-order valence-electron chi connectivity index (χ4n) is 1.98. The Hall–Kier alpha value is -1.65. The molecule has 0 saturated carbocycles. The van der Waals surface area contributed by atoms with E-state index < -0.39 is 4.92 Å². The summed E-state index contributed by atoms with van der Waals surface area (Å²) in [5, 5.41) is 14.0. The molecule has 0 aromatic carbocycles. The van der Waals surface area contributed by atoms with Crippen LogP contribution in [0.25, 0.3) is 0 Å². The van der Waals surface area contributed by atoms with Crippen LogP contribution in [0.3, 0.4) is 0 Å². The standard InChI is InChI=1S/C14H23N3O2/c1-10(2)6-5-7-12(4)16-14-8-11(3)13(9-15-14)17(18)19/h8-10,12H,5-7H2,1-4H3,(H,15,16). The summed E-state index contributed by atoms with van der Waals surface area (Å²) in [4.78, 5) is 14.4. The maximum atomic E-state index is 10.7. The van der Waals surface area contributed by atoms with Gasteiger partial charge in [0.05, 0.1) is 4.92 Å². The zero-order chi connectivity index (χ0) is 14.4. The maximum Gasteiger partial charge on any atom is 0.290 e. The number of nitrogens with one attached hydrogen (secondary N) is 1. The molecule has 1 atom stereocenters. The summed E-state index contributed by atoms with van der Waals surface area (Å²) in [6.45, 7) is 8.28. The molecule has 0 aliphatic rings. The SMILES string of the molecule is Cc1cc(NC(C)CCCC(C)C)ncc1[N+](=O)[O-]. The highest BCUT2D eigenvalue weighted by Crippen LogP contribution is 2.20. The summed E-state index contributed by atoms with van der Waals surface area (Å²) < 4.78 is 0. The quantitative estimate of drug-likeness (QED) is 0.599. The Labute approximate surface area is 114 Å². The summed E-state index contributed by atoms with van der Waals surface area (Å²) >= 11 is 0. The molecular formula is C14H23N3O2. The minimum atomic E-state index is -0.405. The molecule has 106 valence electrons. The predicted molar refractivity (Wildman–Crippen MR) is 77.4 cm³/mol. The fourth-order valence-corrected chi connectivity index (χ4v) is 1.98. The van der Waals surface area contributed by atoms with E-state index >= 15 is 0 Å². The van der Waals surface area contributed by atoms with Crippen molar-refractivity contribution in [1.29, 1.82) is 0 Å². The number of hydrogen-bond donors (Lipinski definition) is 1. The highest BCUT2D eigenvalue weighted by Gasteiger charge is 2.12. The van der Waals surface area contributed by atoms with Crippen molar-refractivity contribution >= 4 is 11.5 Å². The molecule has 1 rings (SSSR count). The van der Waals surface area contributed by atoms with E-state index in [1.165, 1.54) is 19.0 Å². The Morgan fingerprint density at radius 2 is 2.05 bits per heavy atom. The van der Waals surface area contributed by atoms with Gasteiger partial charge in [0.2, 0.25) is 0 Å². The van der Waals surface area contributed by atoms with Crippen LogP contribution in [-0.4, -0.2) is 15.9 Å². The smallest absolute Gasteiger partial charge is 0.290 e. The Kier molecular flexibility index (Phi) is 5.73. The van der Waals surface area contributed by atoms with E-state index in [0.29, 0.717) is 17.4 Å². The van der Waals surface area contributed by atoms with Gasteiger partial charge in [-0.05, 0) is 32.3 Å². The van der Waals surface area contributed by atoms with Gasteiger partial charge in [0.25, 0.3) is 5.69 Å². The lowest BCUT2D eigenvalue weighted by atomic mass is 10.0. The third-order valence-electron chi connectivity index (χ3n) is 3.09. The van der Waals surface area contributed by atoms with Crippen molar-refractivity contribution in [2.24, 2.45) is 5.92 Å². The first-order valence-corrected chi connectivity index (χ1v) is 6.77. The molecule has 1 heterocycles. The van der Waals surface area contributed by atoms with Crippen molar-refractivity contribution in [3.8, 4) is 0 Å². The molecule has 0 aliphatic heterocycles. The highest BCUT2D eigenvalue weighted by atomic mass is 16.6. The lowest BCUT2D eigenvalue weighted by Gasteiger charge is -2.15. The number of aryl methyl sites for hydroxylation is 1. The number of nitrogens with zero attached hydrogens (tertiary/aromatic N) is 2. The third-order valence-corrected chi connectivity index (χ3v) is 3.09. The fraction of sp³-hybridized carbons (Fsp3) is 0.643. The summed E-state index contributed by atoms with van der Waals surface area (Å²) in [6.07, 6.45) is 4.80. The molecule has 0 spiro atoms. The van der Waals surface area contributed by atoms with Crippen molar-refractivity contribution in [1.82, 2.24) is 4.98 Å². The van der Waals surface area contributed by atoms with Crippen molar-refractivity contribution in [3.05, 3.63) is 27.9 Å². The van der Waals surface area contributed by atoms with Crippen LogP contribution in [0, 0.1) is 23.0 Å². The Bertz CT molecular complexity index is 433. The minimum absolute atomic E-state index is 0.0676. The Balaban J connectivity index is 2.53. The average Bonchev–Trinajstić information content (AvgIpc) is 2.27. The number of rotatable bonds is 7. The monoisotopic (exact) mass is 265 g/mol. The van der Waals surface area contributed by atoms with E-state index in [0.717, 1.165) is 12.3 Å². The van der Waals surface area contributed by atoms with Gasteiger partial charge in [-0.2, -0.15) is 0 Å². The summed E-state index contributed by atoms with van der Waals surface area (Å²) in [5.41, 5.74) is 0.704. The second kappa shape index (κ2) is 7.07. The molecule has 0 aliphatic carbocycles. The van der Waals surface area contributed by atoms with Gasteiger partial charge in [0.15, 0.2) is 0 Å². The first-order chi connectivity index (χ1) is 8.90. The number of pyridine rings is 1. The molecule has 0 amide bonds. The van der Waals surface area contributed by atoms with Gasteiger partial charge in [-0.1, -0.05) is 26.7 Å². The summed E-state index contributed by atoms with van der Waals surface area (Å²) in [7, 11) is 0. The molecule has 1 aromatic rings. The molecule has 1 unspecified atom stereocenters. The van der Waals surface area contributed by atoms with Crippen LogP contribution in [0.15, 0.2) is 12.3 Å². The van der Waals surface area contributed by atoms with Crippen molar-refractivity contribution < 1.29 is 4.92 Å². The molecule has 1 aromatic heterocycles. The van der Waals surface area contributed by atoms with E-state index in [-0.39, 0.29) is 5.69 Å². The van der Waals surface area contributed by atoms with Gasteiger partial charge in [-0.15, -0.1) is 0 Å². The van der Waals surface area contributed by atoms with Crippen LogP contribution in [0.4, 0.5) is 11.5 Å². The van der Waals surface area contributed by atoms with E-state index in [9.17, 15) is 10.1 Å². The molecular weight excluding hydrogens is 242 g/mol. The first-order valence-electron chi connectivity index (χ1n) is 6.77. The topological polar surface area (TPSA) is 68.1 Å². The molecule has 5 heteroatoms. The first kappa shape index (κ1) is 15.4. The van der Waals surface area contributed by atoms with Crippen LogP contribution >= 0.6 is 0 Å². The summed E-state index contributed by atoms with van der Waals surface area (Å²) in [6, 6.07) is 2.06. The van der Waals surface area contributed by atoms with Gasteiger partial charge in [0.1, 0.15) is 12.0 Å². The average molecular weight is 265 g/mol. The van der Waals surface area contributed by atoms with Crippen molar-refractivity contribution in [3.63, 3.8) is 0 Å². The van der Waals surface area contributed by atoms with Crippen LogP contribution in [0.5, 0.6) is 0 Å². The molecule has 1 N–H and O–H groups in total. The van der Waals surface area contributed by atoms with E-state index in [1.807, 2.05) is 0 Å².